The van der Waals surface area contributed by atoms with Crippen LogP contribution in [0.15, 0.2) is 76.1 Å². The van der Waals surface area contributed by atoms with E-state index < -0.39 is 0 Å². The molecule has 3 aromatic carbocycles. The number of fused-ring (bicyclic) bond motifs is 1. The topological polar surface area (TPSA) is 87.0 Å². The van der Waals surface area contributed by atoms with Crippen molar-refractivity contribution in [3.63, 3.8) is 0 Å². The fraction of sp³-hybridized carbons (Fsp3) is 0.214. The smallest absolute Gasteiger partial charge is 0.262 e. The Hall–Kier alpha value is -4.26. The number of para-hydroxylation sites is 1. The molecule has 7 heteroatoms. The highest BCUT2D eigenvalue weighted by molar-refractivity contribution is 5.93. The van der Waals surface area contributed by atoms with Gasteiger partial charge in [-0.3, -0.25) is 9.59 Å². The summed E-state index contributed by atoms with van der Waals surface area (Å²) in [5.74, 6) is 1.39. The third kappa shape index (κ3) is 5.46. The Labute approximate surface area is 203 Å². The van der Waals surface area contributed by atoms with Gasteiger partial charge in [0.05, 0.1) is 12.5 Å². The van der Waals surface area contributed by atoms with Crippen LogP contribution in [0.1, 0.15) is 25.0 Å². The fourth-order valence-electron chi connectivity index (χ4n) is 3.75. The predicted octanol–water partition coefficient (Wildman–Crippen LogP) is 5.74. The van der Waals surface area contributed by atoms with Crippen molar-refractivity contribution in [3.8, 4) is 23.0 Å². The first kappa shape index (κ1) is 23.9. The van der Waals surface area contributed by atoms with Gasteiger partial charge in [0, 0.05) is 11.8 Å². The number of carbonyl (C=O) groups excluding carboxylic acids is 1. The average Bonchev–Trinajstić information content (AvgIpc) is 2.89. The lowest BCUT2D eigenvalue weighted by atomic mass is 10.0. The number of anilines is 1. The summed E-state index contributed by atoms with van der Waals surface area (Å²) in [5.41, 5.74) is 3.03. The monoisotopic (exact) mass is 473 g/mol. The fourth-order valence-corrected chi connectivity index (χ4v) is 3.75. The van der Waals surface area contributed by atoms with E-state index in [-0.39, 0.29) is 23.7 Å². The number of nitrogens with one attached hydrogen (secondary N) is 1. The molecule has 0 aliphatic carbocycles. The molecular weight excluding hydrogens is 446 g/mol. The molecule has 35 heavy (non-hydrogen) atoms. The largest absolute Gasteiger partial charge is 0.497 e. The zero-order valence-corrected chi connectivity index (χ0v) is 19.9. The summed E-state index contributed by atoms with van der Waals surface area (Å²) in [6.07, 6.45) is 2.90. The zero-order valence-electron chi connectivity index (χ0n) is 19.9. The van der Waals surface area contributed by atoms with E-state index in [1.54, 1.807) is 49.6 Å². The van der Waals surface area contributed by atoms with Gasteiger partial charge in [0.25, 0.3) is 5.91 Å². The number of aryl methyl sites for hydroxylation is 2. The van der Waals surface area contributed by atoms with Gasteiger partial charge in [-0.2, -0.15) is 0 Å². The van der Waals surface area contributed by atoms with Crippen molar-refractivity contribution in [2.45, 2.75) is 26.7 Å². The van der Waals surface area contributed by atoms with Crippen LogP contribution in [0, 0.1) is 0 Å². The molecule has 180 valence electrons. The predicted molar refractivity (Wildman–Crippen MR) is 135 cm³/mol. The van der Waals surface area contributed by atoms with Crippen molar-refractivity contribution >= 4 is 22.6 Å². The van der Waals surface area contributed by atoms with Crippen LogP contribution in [0.5, 0.6) is 23.0 Å². The minimum absolute atomic E-state index is 0.0667. The van der Waals surface area contributed by atoms with Gasteiger partial charge in [-0.25, -0.2) is 0 Å². The van der Waals surface area contributed by atoms with Crippen LogP contribution in [-0.2, 0) is 17.6 Å². The first-order valence-electron chi connectivity index (χ1n) is 11.4. The molecule has 0 saturated carbocycles. The summed E-state index contributed by atoms with van der Waals surface area (Å²) < 4.78 is 22.1. The van der Waals surface area contributed by atoms with Crippen LogP contribution in [0.4, 0.5) is 5.69 Å². The highest BCUT2D eigenvalue weighted by Crippen LogP contribution is 2.26. The SMILES string of the molecule is CCc1cccc(CC)c1NC(=O)COc1ccc2c(=O)c(Oc3ccc(OC)cc3)coc2c1. The van der Waals surface area contributed by atoms with Gasteiger partial charge in [0.15, 0.2) is 6.61 Å². The quantitative estimate of drug-likeness (QED) is 0.334. The number of methoxy groups -OCH3 is 1. The van der Waals surface area contributed by atoms with Gasteiger partial charge in [-0.1, -0.05) is 32.0 Å². The molecule has 0 spiro atoms. The molecule has 0 fully saturated rings. The van der Waals surface area contributed by atoms with Crippen LogP contribution >= 0.6 is 0 Å². The minimum Gasteiger partial charge on any atom is -0.497 e. The molecular formula is C28H27NO6. The molecule has 4 rings (SSSR count). The molecule has 1 heterocycles. The van der Waals surface area contributed by atoms with Crippen molar-refractivity contribution < 1.29 is 23.4 Å². The maximum absolute atomic E-state index is 12.8. The van der Waals surface area contributed by atoms with Crippen molar-refractivity contribution in [2.24, 2.45) is 0 Å². The Kier molecular flexibility index (Phi) is 7.35. The Morgan fingerprint density at radius 1 is 0.914 bits per heavy atom. The van der Waals surface area contributed by atoms with E-state index in [1.165, 1.54) is 6.26 Å². The maximum atomic E-state index is 12.8. The van der Waals surface area contributed by atoms with E-state index in [0.29, 0.717) is 28.2 Å². The molecule has 1 amide bonds. The van der Waals surface area contributed by atoms with Crippen LogP contribution in [0.2, 0.25) is 0 Å². The highest BCUT2D eigenvalue weighted by Gasteiger charge is 2.13. The Bertz CT molecular complexity index is 1370. The number of rotatable bonds is 9. The summed E-state index contributed by atoms with van der Waals surface area (Å²) >= 11 is 0. The van der Waals surface area contributed by atoms with Gasteiger partial charge in [-0.15, -0.1) is 0 Å². The van der Waals surface area contributed by atoms with E-state index >= 15 is 0 Å². The maximum Gasteiger partial charge on any atom is 0.262 e. The lowest BCUT2D eigenvalue weighted by molar-refractivity contribution is -0.118. The summed E-state index contributed by atoms with van der Waals surface area (Å²) in [6, 6.07) is 17.7. The molecule has 0 unspecified atom stereocenters. The van der Waals surface area contributed by atoms with E-state index in [0.717, 1.165) is 29.7 Å². The Balaban J connectivity index is 1.45. The number of ether oxygens (including phenoxy) is 3. The van der Waals surface area contributed by atoms with Gasteiger partial charge < -0.3 is 23.9 Å². The van der Waals surface area contributed by atoms with Crippen LogP contribution < -0.4 is 25.0 Å². The number of hydrogen-bond acceptors (Lipinski definition) is 6. The lowest BCUT2D eigenvalue weighted by Crippen LogP contribution is -2.21. The Morgan fingerprint density at radius 2 is 1.57 bits per heavy atom. The lowest BCUT2D eigenvalue weighted by Gasteiger charge is -2.14. The molecule has 7 nitrogen and oxygen atoms in total. The normalized spacial score (nSPS) is 10.7. The molecule has 4 aromatic rings. The third-order valence-corrected chi connectivity index (χ3v) is 5.63. The highest BCUT2D eigenvalue weighted by atomic mass is 16.5. The van der Waals surface area contributed by atoms with Crippen molar-refractivity contribution in [1.29, 1.82) is 0 Å². The summed E-state index contributed by atoms with van der Waals surface area (Å²) in [5, 5.41) is 3.32. The van der Waals surface area contributed by atoms with Gasteiger partial charge >= 0.3 is 0 Å². The molecule has 0 atom stereocenters. The van der Waals surface area contributed by atoms with Crippen molar-refractivity contribution in [2.75, 3.05) is 19.0 Å². The summed E-state index contributed by atoms with van der Waals surface area (Å²) in [4.78, 5) is 25.4. The van der Waals surface area contributed by atoms with Crippen LogP contribution in [0.25, 0.3) is 11.0 Å². The molecule has 1 aromatic heterocycles. The Morgan fingerprint density at radius 3 is 2.23 bits per heavy atom. The number of benzene rings is 3. The zero-order chi connectivity index (χ0) is 24.8. The van der Waals surface area contributed by atoms with Gasteiger partial charge in [-0.05, 0) is 60.4 Å². The van der Waals surface area contributed by atoms with E-state index in [2.05, 4.69) is 19.2 Å². The second-order valence-electron chi connectivity index (χ2n) is 7.86. The molecule has 0 bridgehead atoms. The van der Waals surface area contributed by atoms with Crippen molar-refractivity contribution in [3.05, 3.63) is 88.3 Å². The molecule has 0 saturated heterocycles. The third-order valence-electron chi connectivity index (χ3n) is 5.63. The van der Waals surface area contributed by atoms with E-state index in [1.807, 2.05) is 18.2 Å². The molecule has 1 N–H and O–H groups in total. The van der Waals surface area contributed by atoms with E-state index in [9.17, 15) is 9.59 Å². The summed E-state index contributed by atoms with van der Waals surface area (Å²) in [7, 11) is 1.58. The molecule has 0 aliphatic rings. The minimum atomic E-state index is -0.311. The summed E-state index contributed by atoms with van der Waals surface area (Å²) in [6.45, 7) is 3.93. The number of amides is 1. The van der Waals surface area contributed by atoms with Crippen LogP contribution in [-0.4, -0.2) is 19.6 Å². The van der Waals surface area contributed by atoms with Crippen molar-refractivity contribution in [1.82, 2.24) is 0 Å². The number of carbonyl (C=O) groups is 1. The van der Waals surface area contributed by atoms with Gasteiger partial charge in [0.2, 0.25) is 11.2 Å². The average molecular weight is 474 g/mol. The van der Waals surface area contributed by atoms with Gasteiger partial charge in [0.1, 0.15) is 29.1 Å². The standard InChI is InChI=1S/C28H27NO6/c1-4-18-7-6-8-19(5-2)27(18)29-26(30)17-33-22-13-14-23-24(15-22)34-16-25(28(23)31)35-21-11-9-20(32-3)10-12-21/h6-16H,4-5,17H2,1-3H3,(H,29,30). The second kappa shape index (κ2) is 10.8. The number of hydrogen-bond donors (Lipinski definition) is 1. The second-order valence-corrected chi connectivity index (χ2v) is 7.86. The first-order valence-corrected chi connectivity index (χ1v) is 11.4. The molecule has 0 aliphatic heterocycles. The van der Waals surface area contributed by atoms with Crippen LogP contribution in [0.3, 0.4) is 0 Å². The first-order chi connectivity index (χ1) is 17.0. The van der Waals surface area contributed by atoms with E-state index in [4.69, 9.17) is 18.6 Å². The molecule has 0 radical (unpaired) electrons.